The lowest BCUT2D eigenvalue weighted by Gasteiger charge is -2.32. The van der Waals surface area contributed by atoms with Crippen LogP contribution in [0.15, 0.2) is 16.6 Å². The summed E-state index contributed by atoms with van der Waals surface area (Å²) in [5.74, 6) is 0. The van der Waals surface area contributed by atoms with Gasteiger partial charge in [-0.2, -0.15) is 0 Å². The molecule has 0 radical (unpaired) electrons. The number of nitrogens with zero attached hydrogens (tertiary/aromatic N) is 1. The molecule has 0 aliphatic carbocycles. The molecule has 1 aromatic rings. The second-order valence-corrected chi connectivity index (χ2v) is 6.00. The van der Waals surface area contributed by atoms with Crippen LogP contribution >= 0.6 is 15.9 Å². The van der Waals surface area contributed by atoms with Crippen molar-refractivity contribution in [3.8, 4) is 0 Å². The van der Waals surface area contributed by atoms with E-state index in [0.29, 0.717) is 6.04 Å². The van der Waals surface area contributed by atoms with Gasteiger partial charge < -0.3 is 10.2 Å². The lowest BCUT2D eigenvalue weighted by Crippen LogP contribution is -2.38. The van der Waals surface area contributed by atoms with Gasteiger partial charge in [-0.1, -0.05) is 19.9 Å². The van der Waals surface area contributed by atoms with E-state index in [1.54, 1.807) is 0 Å². The van der Waals surface area contributed by atoms with E-state index in [9.17, 15) is 0 Å². The number of aryl methyl sites for hydroxylation is 2. The lowest BCUT2D eigenvalue weighted by molar-refractivity contribution is 0.283. The van der Waals surface area contributed by atoms with Crippen molar-refractivity contribution in [3.63, 3.8) is 0 Å². The van der Waals surface area contributed by atoms with Crippen LogP contribution in [0.3, 0.4) is 0 Å². The first-order chi connectivity index (χ1) is 8.63. The Labute approximate surface area is 119 Å². The summed E-state index contributed by atoms with van der Waals surface area (Å²) in [6, 6.07) is 5.09. The topological polar surface area (TPSA) is 15.3 Å². The largest absolute Gasteiger partial charge is 0.380 e. The van der Waals surface area contributed by atoms with Gasteiger partial charge in [-0.25, -0.2) is 0 Å². The monoisotopic (exact) mass is 310 g/mol. The van der Waals surface area contributed by atoms with E-state index >= 15 is 0 Å². The van der Waals surface area contributed by atoms with Crippen molar-refractivity contribution < 1.29 is 0 Å². The summed E-state index contributed by atoms with van der Waals surface area (Å²) < 4.78 is 1.21. The SMILES string of the molecule is CCN(CC)C[C@H]1CCc2cc(C)cc(Br)c2N1. The number of likely N-dealkylation sites (N-methyl/N-ethyl adjacent to an activating group) is 1. The molecule has 1 atom stereocenters. The normalized spacial score (nSPS) is 18.6. The van der Waals surface area contributed by atoms with Gasteiger partial charge in [0.2, 0.25) is 0 Å². The van der Waals surface area contributed by atoms with Crippen LogP contribution in [0.2, 0.25) is 0 Å². The molecule has 100 valence electrons. The van der Waals surface area contributed by atoms with Crippen molar-refractivity contribution in [1.82, 2.24) is 4.90 Å². The van der Waals surface area contributed by atoms with Gasteiger partial charge in [-0.3, -0.25) is 0 Å². The van der Waals surface area contributed by atoms with Gasteiger partial charge in [0.15, 0.2) is 0 Å². The minimum Gasteiger partial charge on any atom is -0.380 e. The molecule has 1 aliphatic rings. The minimum absolute atomic E-state index is 0.580. The maximum atomic E-state index is 3.70. The molecular weight excluding hydrogens is 288 g/mol. The third kappa shape index (κ3) is 3.07. The van der Waals surface area contributed by atoms with Gasteiger partial charge in [0.1, 0.15) is 0 Å². The molecule has 1 aromatic carbocycles. The smallest absolute Gasteiger partial charge is 0.0519 e. The average Bonchev–Trinajstić information content (AvgIpc) is 2.36. The third-order valence-corrected chi connectivity index (χ3v) is 4.43. The molecule has 0 saturated carbocycles. The second-order valence-electron chi connectivity index (χ2n) is 5.15. The Bertz CT molecular complexity index is 413. The molecule has 1 heterocycles. The van der Waals surface area contributed by atoms with Gasteiger partial charge in [0.25, 0.3) is 0 Å². The maximum absolute atomic E-state index is 3.70. The fraction of sp³-hybridized carbons (Fsp3) is 0.600. The van der Waals surface area contributed by atoms with E-state index in [-0.39, 0.29) is 0 Å². The number of hydrogen-bond donors (Lipinski definition) is 1. The molecular formula is C15H23BrN2. The molecule has 0 saturated heterocycles. The average molecular weight is 311 g/mol. The van der Waals surface area contributed by atoms with E-state index < -0.39 is 0 Å². The molecule has 0 bridgehead atoms. The Hall–Kier alpha value is -0.540. The standard InChI is InChI=1S/C15H23BrN2/c1-4-18(5-2)10-13-7-6-12-8-11(3)9-14(16)15(12)17-13/h8-9,13,17H,4-7,10H2,1-3H3/t13-/m1/s1. The van der Waals surface area contributed by atoms with Crippen LogP contribution in [0.1, 0.15) is 31.4 Å². The molecule has 0 fully saturated rings. The van der Waals surface area contributed by atoms with Gasteiger partial charge in [0.05, 0.1) is 5.69 Å². The Morgan fingerprint density at radius 3 is 2.72 bits per heavy atom. The Kier molecular flexibility index (Phi) is 4.68. The van der Waals surface area contributed by atoms with Crippen molar-refractivity contribution in [1.29, 1.82) is 0 Å². The van der Waals surface area contributed by atoms with Gasteiger partial charge >= 0.3 is 0 Å². The van der Waals surface area contributed by atoms with Crippen molar-refractivity contribution in [2.45, 2.75) is 39.7 Å². The van der Waals surface area contributed by atoms with Crippen LogP contribution < -0.4 is 5.32 Å². The summed E-state index contributed by atoms with van der Waals surface area (Å²) in [4.78, 5) is 2.49. The number of rotatable bonds is 4. The fourth-order valence-electron chi connectivity index (χ4n) is 2.71. The number of fused-ring (bicyclic) bond motifs is 1. The summed E-state index contributed by atoms with van der Waals surface area (Å²) in [6.07, 6.45) is 2.42. The van der Waals surface area contributed by atoms with E-state index in [0.717, 1.165) is 19.6 Å². The molecule has 0 spiro atoms. The van der Waals surface area contributed by atoms with Gasteiger partial charge in [-0.05, 0) is 66.0 Å². The summed E-state index contributed by atoms with van der Waals surface area (Å²) in [5, 5.41) is 3.70. The quantitative estimate of drug-likeness (QED) is 0.909. The van der Waals surface area contributed by atoms with E-state index in [1.807, 2.05) is 0 Å². The molecule has 0 amide bonds. The van der Waals surface area contributed by atoms with Crippen molar-refractivity contribution in [3.05, 3.63) is 27.7 Å². The van der Waals surface area contributed by atoms with Crippen molar-refractivity contribution in [2.24, 2.45) is 0 Å². The summed E-state index contributed by atoms with van der Waals surface area (Å²) in [6.45, 7) is 10.0. The van der Waals surface area contributed by atoms with Crippen molar-refractivity contribution >= 4 is 21.6 Å². The van der Waals surface area contributed by atoms with Crippen LogP contribution in [0.4, 0.5) is 5.69 Å². The zero-order valence-electron chi connectivity index (χ0n) is 11.6. The highest BCUT2D eigenvalue weighted by molar-refractivity contribution is 9.10. The Morgan fingerprint density at radius 2 is 2.06 bits per heavy atom. The fourth-order valence-corrected chi connectivity index (χ4v) is 3.44. The van der Waals surface area contributed by atoms with Gasteiger partial charge in [0, 0.05) is 17.1 Å². The zero-order valence-corrected chi connectivity index (χ0v) is 13.2. The van der Waals surface area contributed by atoms with Crippen molar-refractivity contribution in [2.75, 3.05) is 25.0 Å². The first-order valence-corrected chi connectivity index (χ1v) is 7.71. The Morgan fingerprint density at radius 1 is 1.33 bits per heavy atom. The van der Waals surface area contributed by atoms with E-state index in [2.05, 4.69) is 59.1 Å². The number of halogens is 1. The molecule has 0 aromatic heterocycles. The predicted molar refractivity (Wildman–Crippen MR) is 82.4 cm³/mol. The third-order valence-electron chi connectivity index (χ3n) is 3.80. The van der Waals surface area contributed by atoms with Crippen LogP contribution in [0.25, 0.3) is 0 Å². The van der Waals surface area contributed by atoms with Gasteiger partial charge in [-0.15, -0.1) is 0 Å². The minimum atomic E-state index is 0.580. The van der Waals surface area contributed by atoms with Crippen LogP contribution in [0.5, 0.6) is 0 Å². The molecule has 2 nitrogen and oxygen atoms in total. The first-order valence-electron chi connectivity index (χ1n) is 6.92. The predicted octanol–water partition coefficient (Wildman–Crippen LogP) is 3.83. The number of anilines is 1. The molecule has 18 heavy (non-hydrogen) atoms. The van der Waals surface area contributed by atoms with Crippen LogP contribution in [0, 0.1) is 6.92 Å². The first kappa shape index (κ1) is 13.9. The highest BCUT2D eigenvalue weighted by Gasteiger charge is 2.21. The number of hydrogen-bond acceptors (Lipinski definition) is 2. The van der Waals surface area contributed by atoms with E-state index in [4.69, 9.17) is 0 Å². The van der Waals surface area contributed by atoms with E-state index in [1.165, 1.54) is 34.1 Å². The Balaban J connectivity index is 2.10. The lowest BCUT2D eigenvalue weighted by atomic mass is 9.96. The maximum Gasteiger partial charge on any atom is 0.0519 e. The summed E-state index contributed by atoms with van der Waals surface area (Å²) >= 11 is 3.68. The molecule has 1 N–H and O–H groups in total. The molecule has 3 heteroatoms. The molecule has 1 aliphatic heterocycles. The highest BCUT2D eigenvalue weighted by atomic mass is 79.9. The van der Waals surface area contributed by atoms with Crippen LogP contribution in [-0.2, 0) is 6.42 Å². The molecule has 2 rings (SSSR count). The zero-order chi connectivity index (χ0) is 13.1. The highest BCUT2D eigenvalue weighted by Crippen LogP contribution is 2.33. The van der Waals surface area contributed by atoms with Crippen LogP contribution in [-0.4, -0.2) is 30.6 Å². The summed E-state index contributed by atoms with van der Waals surface area (Å²) in [5.41, 5.74) is 4.10. The second kappa shape index (κ2) is 6.07. The summed E-state index contributed by atoms with van der Waals surface area (Å²) in [7, 11) is 0. The molecule has 0 unspecified atom stereocenters. The number of nitrogens with one attached hydrogen (secondary N) is 1. The number of benzene rings is 1.